The summed E-state index contributed by atoms with van der Waals surface area (Å²) < 4.78 is 13.2. The van der Waals surface area contributed by atoms with Crippen molar-refractivity contribution in [1.29, 1.82) is 0 Å². The van der Waals surface area contributed by atoms with Crippen molar-refractivity contribution in [2.75, 3.05) is 13.1 Å². The van der Waals surface area contributed by atoms with Crippen molar-refractivity contribution in [1.82, 2.24) is 5.32 Å². The molecule has 1 atom stereocenters. The van der Waals surface area contributed by atoms with E-state index < -0.39 is 5.82 Å². The zero-order valence-corrected chi connectivity index (χ0v) is 8.89. The number of halogens is 2. The molecule has 0 saturated carbocycles. The van der Waals surface area contributed by atoms with Crippen LogP contribution in [0.1, 0.15) is 11.6 Å². The lowest BCUT2D eigenvalue weighted by Crippen LogP contribution is -2.28. The minimum atomic E-state index is -0.449. The predicted octanol–water partition coefficient (Wildman–Crippen LogP) is 1.70. The average Bonchev–Trinajstić information content (AvgIpc) is 2.24. The Morgan fingerprint density at radius 1 is 1.60 bits per heavy atom. The quantitative estimate of drug-likeness (QED) is 0.767. The van der Waals surface area contributed by atoms with Crippen LogP contribution in [0.4, 0.5) is 4.39 Å². The fourth-order valence-corrected chi connectivity index (χ4v) is 1.37. The predicted molar refractivity (Wildman–Crippen MR) is 60.0 cm³/mol. The monoisotopic (exact) mass is 226 g/mol. The summed E-state index contributed by atoms with van der Waals surface area (Å²) >= 11 is 5.57. The van der Waals surface area contributed by atoms with E-state index in [0.29, 0.717) is 13.1 Å². The molecule has 0 bridgehead atoms. The fourth-order valence-electron chi connectivity index (χ4n) is 1.25. The average molecular weight is 227 g/mol. The number of hydrogen-bond acceptors (Lipinski definition) is 2. The van der Waals surface area contributed by atoms with Gasteiger partial charge in [0.25, 0.3) is 0 Å². The second kappa shape index (κ2) is 5.72. The summed E-state index contributed by atoms with van der Waals surface area (Å²) in [5.74, 6) is 1.99. The Hall–Kier alpha value is -1.08. The maximum absolute atomic E-state index is 13.2. The SMILES string of the molecule is C#CCNC(CN)c1ccc(Cl)c(F)c1. The molecule has 0 amide bonds. The highest BCUT2D eigenvalue weighted by Crippen LogP contribution is 2.19. The minimum Gasteiger partial charge on any atom is -0.329 e. The maximum atomic E-state index is 13.2. The molecule has 1 unspecified atom stereocenters. The molecule has 4 heteroatoms. The molecule has 2 nitrogen and oxygen atoms in total. The van der Waals surface area contributed by atoms with Crippen LogP contribution in [0.15, 0.2) is 18.2 Å². The third-order valence-electron chi connectivity index (χ3n) is 2.03. The van der Waals surface area contributed by atoms with E-state index in [9.17, 15) is 4.39 Å². The van der Waals surface area contributed by atoms with Gasteiger partial charge in [-0.25, -0.2) is 4.39 Å². The first-order valence-corrected chi connectivity index (χ1v) is 4.88. The Morgan fingerprint density at radius 3 is 2.87 bits per heavy atom. The molecule has 0 saturated heterocycles. The molecule has 0 spiro atoms. The van der Waals surface area contributed by atoms with Crippen molar-refractivity contribution in [3.05, 3.63) is 34.6 Å². The molecule has 0 aliphatic rings. The van der Waals surface area contributed by atoms with E-state index in [1.165, 1.54) is 12.1 Å². The lowest BCUT2D eigenvalue weighted by molar-refractivity contribution is 0.570. The number of nitrogens with one attached hydrogen (secondary N) is 1. The molecule has 0 aliphatic heterocycles. The van der Waals surface area contributed by atoms with Crippen molar-refractivity contribution in [2.24, 2.45) is 5.73 Å². The summed E-state index contributed by atoms with van der Waals surface area (Å²) in [6.07, 6.45) is 5.12. The van der Waals surface area contributed by atoms with Crippen LogP contribution in [0, 0.1) is 18.2 Å². The molecule has 15 heavy (non-hydrogen) atoms. The lowest BCUT2D eigenvalue weighted by Gasteiger charge is -2.15. The van der Waals surface area contributed by atoms with Crippen LogP contribution in [-0.4, -0.2) is 13.1 Å². The molecule has 80 valence electrons. The molecule has 1 aromatic carbocycles. The van der Waals surface area contributed by atoms with Crippen LogP contribution < -0.4 is 11.1 Å². The molecule has 0 aliphatic carbocycles. The Kier molecular flexibility index (Phi) is 4.57. The molecule has 0 aromatic heterocycles. The summed E-state index contributed by atoms with van der Waals surface area (Å²) in [6, 6.07) is 4.45. The van der Waals surface area contributed by atoms with E-state index in [2.05, 4.69) is 11.2 Å². The van der Waals surface area contributed by atoms with Gasteiger partial charge in [0.1, 0.15) is 5.82 Å². The van der Waals surface area contributed by atoms with Gasteiger partial charge in [-0.05, 0) is 17.7 Å². The van der Waals surface area contributed by atoms with Crippen LogP contribution in [0.5, 0.6) is 0 Å². The summed E-state index contributed by atoms with van der Waals surface area (Å²) in [4.78, 5) is 0. The molecule has 0 fully saturated rings. The second-order valence-electron chi connectivity index (χ2n) is 3.05. The molecular weight excluding hydrogens is 215 g/mol. The molecule has 0 radical (unpaired) electrons. The van der Waals surface area contributed by atoms with Crippen molar-refractivity contribution in [3.63, 3.8) is 0 Å². The lowest BCUT2D eigenvalue weighted by atomic mass is 10.1. The van der Waals surface area contributed by atoms with E-state index in [1.54, 1.807) is 6.07 Å². The Labute approximate surface area is 93.6 Å². The molecule has 3 N–H and O–H groups in total. The van der Waals surface area contributed by atoms with Crippen LogP contribution >= 0.6 is 11.6 Å². The van der Waals surface area contributed by atoms with Gasteiger partial charge in [-0.2, -0.15) is 0 Å². The molecular formula is C11H12ClFN2. The van der Waals surface area contributed by atoms with Crippen molar-refractivity contribution >= 4 is 11.6 Å². The fraction of sp³-hybridized carbons (Fsp3) is 0.273. The summed E-state index contributed by atoms with van der Waals surface area (Å²) in [6.45, 7) is 0.745. The number of benzene rings is 1. The Bertz CT molecular complexity index is 373. The van der Waals surface area contributed by atoms with Crippen LogP contribution in [0.3, 0.4) is 0 Å². The van der Waals surface area contributed by atoms with Crippen LogP contribution in [-0.2, 0) is 0 Å². The second-order valence-corrected chi connectivity index (χ2v) is 3.45. The first kappa shape index (κ1) is 12.0. The third-order valence-corrected chi connectivity index (χ3v) is 2.34. The van der Waals surface area contributed by atoms with E-state index >= 15 is 0 Å². The van der Waals surface area contributed by atoms with E-state index in [0.717, 1.165) is 5.56 Å². The van der Waals surface area contributed by atoms with Gasteiger partial charge in [0.2, 0.25) is 0 Å². The highest BCUT2D eigenvalue weighted by Gasteiger charge is 2.10. The largest absolute Gasteiger partial charge is 0.329 e. The van der Waals surface area contributed by atoms with Crippen molar-refractivity contribution in [2.45, 2.75) is 6.04 Å². The van der Waals surface area contributed by atoms with Gasteiger partial charge in [0.05, 0.1) is 11.6 Å². The molecule has 0 heterocycles. The topological polar surface area (TPSA) is 38.0 Å². The van der Waals surface area contributed by atoms with Gasteiger partial charge >= 0.3 is 0 Å². The van der Waals surface area contributed by atoms with Gasteiger partial charge in [0, 0.05) is 12.6 Å². The highest BCUT2D eigenvalue weighted by molar-refractivity contribution is 6.30. The van der Waals surface area contributed by atoms with Crippen LogP contribution in [0.25, 0.3) is 0 Å². The standard InChI is InChI=1S/C11H12ClFN2/c1-2-5-15-11(7-14)8-3-4-9(12)10(13)6-8/h1,3-4,6,11,15H,5,7,14H2. The van der Waals surface area contributed by atoms with E-state index in [-0.39, 0.29) is 11.1 Å². The van der Waals surface area contributed by atoms with Crippen molar-refractivity contribution < 1.29 is 4.39 Å². The van der Waals surface area contributed by atoms with Gasteiger partial charge in [0.15, 0.2) is 0 Å². The summed E-state index contributed by atoms with van der Waals surface area (Å²) in [5, 5.41) is 3.11. The summed E-state index contributed by atoms with van der Waals surface area (Å²) in [7, 11) is 0. The maximum Gasteiger partial charge on any atom is 0.142 e. The first-order chi connectivity index (χ1) is 7.19. The Balaban J connectivity index is 2.83. The van der Waals surface area contributed by atoms with Gasteiger partial charge in [-0.1, -0.05) is 23.6 Å². The first-order valence-electron chi connectivity index (χ1n) is 4.51. The number of terminal acetylenes is 1. The van der Waals surface area contributed by atoms with Gasteiger partial charge < -0.3 is 5.73 Å². The summed E-state index contributed by atoms with van der Waals surface area (Å²) in [5.41, 5.74) is 6.29. The minimum absolute atomic E-state index is 0.103. The van der Waals surface area contributed by atoms with Gasteiger partial charge in [-0.15, -0.1) is 6.42 Å². The van der Waals surface area contributed by atoms with E-state index in [4.69, 9.17) is 23.8 Å². The number of hydrogen-bond donors (Lipinski definition) is 2. The highest BCUT2D eigenvalue weighted by atomic mass is 35.5. The Morgan fingerprint density at radius 2 is 2.33 bits per heavy atom. The van der Waals surface area contributed by atoms with Gasteiger partial charge in [-0.3, -0.25) is 5.32 Å². The smallest absolute Gasteiger partial charge is 0.142 e. The number of rotatable bonds is 4. The zero-order valence-electron chi connectivity index (χ0n) is 8.13. The zero-order chi connectivity index (χ0) is 11.3. The van der Waals surface area contributed by atoms with Crippen LogP contribution in [0.2, 0.25) is 5.02 Å². The van der Waals surface area contributed by atoms with Crippen molar-refractivity contribution in [3.8, 4) is 12.3 Å². The molecule has 1 rings (SSSR count). The molecule has 1 aromatic rings. The normalized spacial score (nSPS) is 12.1. The number of nitrogens with two attached hydrogens (primary N) is 1. The van der Waals surface area contributed by atoms with E-state index in [1.807, 2.05) is 0 Å². The third kappa shape index (κ3) is 3.21.